The molecule has 0 radical (unpaired) electrons. The van der Waals surface area contributed by atoms with E-state index in [-0.39, 0.29) is 29.8 Å². The van der Waals surface area contributed by atoms with E-state index >= 15 is 0 Å². The van der Waals surface area contributed by atoms with Crippen LogP contribution in [0.25, 0.3) is 10.9 Å². The smallest absolute Gasteiger partial charge is 0.191 e. The van der Waals surface area contributed by atoms with Crippen molar-refractivity contribution in [2.75, 3.05) is 46.1 Å². The van der Waals surface area contributed by atoms with Gasteiger partial charge in [0.25, 0.3) is 0 Å². The Morgan fingerprint density at radius 3 is 3.07 bits per heavy atom. The van der Waals surface area contributed by atoms with E-state index in [0.717, 1.165) is 82.2 Å². The second kappa shape index (κ2) is 13.0. The summed E-state index contributed by atoms with van der Waals surface area (Å²) >= 11 is 0. The molecule has 0 aliphatic carbocycles. The summed E-state index contributed by atoms with van der Waals surface area (Å²) in [6, 6.07) is 4.85. The third-order valence-electron chi connectivity index (χ3n) is 4.85. The lowest BCUT2D eigenvalue weighted by molar-refractivity contribution is 0.0893. The summed E-state index contributed by atoms with van der Waals surface area (Å²) in [5, 5.41) is 7.70. The fourth-order valence-electron chi connectivity index (χ4n) is 3.34. The summed E-state index contributed by atoms with van der Waals surface area (Å²) in [4.78, 5) is 7.74. The van der Waals surface area contributed by atoms with Gasteiger partial charge in [0.05, 0.1) is 13.2 Å². The summed E-state index contributed by atoms with van der Waals surface area (Å²) in [5.41, 5.74) is 2.00. The number of nitrogens with zero attached hydrogens (tertiary/aromatic N) is 1. The van der Waals surface area contributed by atoms with Crippen molar-refractivity contribution in [2.45, 2.75) is 26.2 Å². The third-order valence-corrected chi connectivity index (χ3v) is 4.85. The van der Waals surface area contributed by atoms with Gasteiger partial charge in [-0.05, 0) is 49.9 Å². The van der Waals surface area contributed by atoms with Crippen molar-refractivity contribution in [3.8, 4) is 0 Å². The minimum Gasteiger partial charge on any atom is -0.381 e. The molecule has 1 fully saturated rings. The van der Waals surface area contributed by atoms with Crippen LogP contribution in [-0.2, 0) is 15.9 Å². The van der Waals surface area contributed by atoms with Crippen LogP contribution in [0.1, 0.15) is 25.3 Å². The predicted molar refractivity (Wildman–Crippen MR) is 126 cm³/mol. The molecule has 2 heterocycles. The maximum Gasteiger partial charge on any atom is 0.191 e. The topological polar surface area (TPSA) is 70.7 Å². The molecule has 0 amide bonds. The first kappa shape index (κ1) is 23.9. The summed E-state index contributed by atoms with van der Waals surface area (Å²) in [5.74, 6) is 1.15. The van der Waals surface area contributed by atoms with Gasteiger partial charge in [0.15, 0.2) is 5.96 Å². The highest BCUT2D eigenvalue weighted by atomic mass is 127. The van der Waals surface area contributed by atoms with Gasteiger partial charge < -0.3 is 25.1 Å². The van der Waals surface area contributed by atoms with E-state index in [1.807, 2.05) is 12.3 Å². The van der Waals surface area contributed by atoms with E-state index in [4.69, 9.17) is 9.47 Å². The van der Waals surface area contributed by atoms with Crippen LogP contribution in [0.3, 0.4) is 0 Å². The predicted octanol–water partition coefficient (Wildman–Crippen LogP) is 3.47. The number of ether oxygens (including phenoxy) is 2. The maximum atomic E-state index is 13.3. The molecule has 0 bridgehead atoms. The number of halogens is 2. The number of aromatic amines is 1. The van der Waals surface area contributed by atoms with Gasteiger partial charge in [0.1, 0.15) is 5.82 Å². The molecular formula is C21H32FIN4O2. The summed E-state index contributed by atoms with van der Waals surface area (Å²) in [6.07, 6.45) is 4.79. The minimum absolute atomic E-state index is 0. The molecule has 3 rings (SSSR count). The molecule has 1 aromatic carbocycles. The lowest BCUT2D eigenvalue weighted by Crippen LogP contribution is -2.38. The maximum absolute atomic E-state index is 13.3. The van der Waals surface area contributed by atoms with Gasteiger partial charge in [0, 0.05) is 55.9 Å². The molecule has 1 aromatic heterocycles. The fraction of sp³-hybridized carbons (Fsp3) is 0.571. The van der Waals surface area contributed by atoms with E-state index in [2.05, 4.69) is 27.5 Å². The van der Waals surface area contributed by atoms with Crippen molar-refractivity contribution in [1.82, 2.24) is 15.6 Å². The van der Waals surface area contributed by atoms with Gasteiger partial charge in [0.2, 0.25) is 0 Å². The molecule has 3 N–H and O–H groups in total. The molecule has 0 saturated carbocycles. The monoisotopic (exact) mass is 518 g/mol. The summed E-state index contributed by atoms with van der Waals surface area (Å²) in [6.45, 7) is 7.57. The molecule has 1 unspecified atom stereocenters. The number of rotatable bonds is 10. The lowest BCUT2D eigenvalue weighted by atomic mass is 10.1. The van der Waals surface area contributed by atoms with Crippen LogP contribution >= 0.6 is 24.0 Å². The SMILES string of the molecule is CCNC(=NCCCOCC1CCOC1)NCCc1c[nH]c2cc(F)ccc12.I. The van der Waals surface area contributed by atoms with Crippen molar-refractivity contribution >= 4 is 40.8 Å². The van der Waals surface area contributed by atoms with Crippen LogP contribution in [0, 0.1) is 11.7 Å². The van der Waals surface area contributed by atoms with Gasteiger partial charge in [-0.2, -0.15) is 0 Å². The van der Waals surface area contributed by atoms with Crippen molar-refractivity contribution in [3.63, 3.8) is 0 Å². The minimum atomic E-state index is -0.221. The number of aliphatic imine (C=N–C) groups is 1. The number of hydrogen-bond donors (Lipinski definition) is 3. The molecule has 6 nitrogen and oxygen atoms in total. The standard InChI is InChI=1S/C21H31FN4O2.HI/c1-2-23-21(24-8-3-10-27-14-16-7-11-28-15-16)25-9-6-17-13-26-20-12-18(22)4-5-19(17)20;/h4-5,12-13,16,26H,2-3,6-11,14-15H2,1H3,(H2,23,24,25);1H. The molecule has 162 valence electrons. The van der Waals surface area contributed by atoms with E-state index in [9.17, 15) is 4.39 Å². The number of nitrogens with one attached hydrogen (secondary N) is 3. The molecule has 8 heteroatoms. The van der Waals surface area contributed by atoms with Gasteiger partial charge in [-0.15, -0.1) is 24.0 Å². The molecule has 1 aliphatic rings. The Bertz CT molecular complexity index is 762. The average Bonchev–Trinajstić information content (AvgIpc) is 3.34. The first-order valence-electron chi connectivity index (χ1n) is 10.2. The summed E-state index contributed by atoms with van der Waals surface area (Å²) < 4.78 is 24.4. The molecule has 0 spiro atoms. The van der Waals surface area contributed by atoms with Crippen LogP contribution < -0.4 is 10.6 Å². The highest BCUT2D eigenvalue weighted by Gasteiger charge is 2.15. The molecule has 1 saturated heterocycles. The van der Waals surface area contributed by atoms with Crippen molar-refractivity contribution in [3.05, 3.63) is 35.8 Å². The largest absolute Gasteiger partial charge is 0.381 e. The first-order chi connectivity index (χ1) is 13.8. The number of fused-ring (bicyclic) bond motifs is 1. The van der Waals surface area contributed by atoms with Crippen LogP contribution in [0.5, 0.6) is 0 Å². The normalized spacial score (nSPS) is 16.8. The Morgan fingerprint density at radius 2 is 2.28 bits per heavy atom. The van der Waals surface area contributed by atoms with Gasteiger partial charge >= 0.3 is 0 Å². The van der Waals surface area contributed by atoms with Crippen molar-refractivity contribution in [2.24, 2.45) is 10.9 Å². The first-order valence-corrected chi connectivity index (χ1v) is 10.2. The van der Waals surface area contributed by atoms with Crippen LogP contribution in [-0.4, -0.2) is 57.0 Å². The number of benzene rings is 1. The van der Waals surface area contributed by atoms with Gasteiger partial charge in [-0.1, -0.05) is 0 Å². The second-order valence-corrected chi connectivity index (χ2v) is 7.10. The van der Waals surface area contributed by atoms with Crippen molar-refractivity contribution in [1.29, 1.82) is 0 Å². The zero-order chi connectivity index (χ0) is 19.6. The van der Waals surface area contributed by atoms with E-state index in [1.54, 1.807) is 0 Å². The van der Waals surface area contributed by atoms with Gasteiger partial charge in [-0.3, -0.25) is 4.99 Å². The molecule has 1 aliphatic heterocycles. The zero-order valence-corrected chi connectivity index (χ0v) is 19.3. The quantitative estimate of drug-likeness (QED) is 0.195. The number of hydrogen-bond acceptors (Lipinski definition) is 3. The Morgan fingerprint density at radius 1 is 1.38 bits per heavy atom. The molecule has 29 heavy (non-hydrogen) atoms. The van der Waals surface area contributed by atoms with Gasteiger partial charge in [-0.25, -0.2) is 4.39 Å². The highest BCUT2D eigenvalue weighted by molar-refractivity contribution is 14.0. The fourth-order valence-corrected chi connectivity index (χ4v) is 3.34. The Labute approximate surface area is 189 Å². The van der Waals surface area contributed by atoms with E-state index in [1.165, 1.54) is 17.7 Å². The number of aromatic nitrogens is 1. The average molecular weight is 518 g/mol. The Balaban J connectivity index is 0.00000300. The highest BCUT2D eigenvalue weighted by Crippen LogP contribution is 2.19. The number of H-pyrrole nitrogens is 1. The van der Waals surface area contributed by atoms with Crippen LogP contribution in [0.15, 0.2) is 29.4 Å². The summed E-state index contributed by atoms with van der Waals surface area (Å²) in [7, 11) is 0. The van der Waals surface area contributed by atoms with E-state index < -0.39 is 0 Å². The van der Waals surface area contributed by atoms with Crippen LogP contribution in [0.2, 0.25) is 0 Å². The van der Waals surface area contributed by atoms with Crippen molar-refractivity contribution < 1.29 is 13.9 Å². The molecule has 1 atom stereocenters. The van der Waals surface area contributed by atoms with E-state index in [0.29, 0.717) is 5.92 Å². The lowest BCUT2D eigenvalue weighted by Gasteiger charge is -2.11. The molecule has 2 aromatic rings. The zero-order valence-electron chi connectivity index (χ0n) is 17.0. The number of guanidine groups is 1. The Hall–Kier alpha value is -1.39. The molecular weight excluding hydrogens is 486 g/mol. The second-order valence-electron chi connectivity index (χ2n) is 7.10. The Kier molecular flexibility index (Phi) is 10.7. The van der Waals surface area contributed by atoms with Crippen LogP contribution in [0.4, 0.5) is 4.39 Å². The third kappa shape index (κ3) is 7.75.